The minimum Gasteiger partial charge on any atom is -0.379 e. The molecule has 0 heterocycles. The molecule has 3 nitrogen and oxygen atoms in total. The maximum atomic E-state index is 13.6. The van der Waals surface area contributed by atoms with E-state index < -0.39 is 11.7 Å². The Morgan fingerprint density at radius 1 is 1.15 bits per heavy atom. The van der Waals surface area contributed by atoms with Crippen LogP contribution in [0.15, 0.2) is 36.4 Å². The molecule has 0 spiro atoms. The fourth-order valence-corrected chi connectivity index (χ4v) is 2.30. The summed E-state index contributed by atoms with van der Waals surface area (Å²) in [7, 11) is 0. The van der Waals surface area contributed by atoms with E-state index in [9.17, 15) is 9.18 Å². The second kappa shape index (κ2) is 6.11. The molecular weight excluding hydrogens is 302 g/mol. The standard InChI is InChI=1S/C14H11Cl2FN2O/c15-10-3-8(4-11(16)6-10)7-19-13-5-9(14(18)20)1-2-12(13)17/h1-6,19H,7H2,(H2,18,20). The van der Waals surface area contributed by atoms with Crippen LogP contribution in [0.4, 0.5) is 10.1 Å². The third-order valence-corrected chi connectivity index (χ3v) is 3.09. The summed E-state index contributed by atoms with van der Waals surface area (Å²) >= 11 is 11.8. The van der Waals surface area contributed by atoms with Crippen molar-refractivity contribution >= 4 is 34.8 Å². The molecule has 2 aromatic carbocycles. The molecule has 0 unspecified atom stereocenters. The van der Waals surface area contributed by atoms with Crippen LogP contribution in [0.2, 0.25) is 10.0 Å². The molecule has 20 heavy (non-hydrogen) atoms. The first-order valence-electron chi connectivity index (χ1n) is 5.74. The van der Waals surface area contributed by atoms with Crippen LogP contribution >= 0.6 is 23.2 Å². The van der Waals surface area contributed by atoms with Crippen molar-refractivity contribution in [2.75, 3.05) is 5.32 Å². The Hall–Kier alpha value is -1.78. The lowest BCUT2D eigenvalue weighted by Crippen LogP contribution is -2.12. The second-order valence-corrected chi connectivity index (χ2v) is 5.06. The molecule has 0 saturated heterocycles. The molecule has 0 aromatic heterocycles. The number of benzene rings is 2. The number of primary amides is 1. The Bertz CT molecular complexity index is 641. The van der Waals surface area contributed by atoms with Gasteiger partial charge in [0.25, 0.3) is 0 Å². The van der Waals surface area contributed by atoms with Crippen LogP contribution in [-0.4, -0.2) is 5.91 Å². The molecule has 0 fully saturated rings. The molecule has 0 aliphatic heterocycles. The molecule has 0 radical (unpaired) electrons. The number of rotatable bonds is 4. The van der Waals surface area contributed by atoms with Crippen LogP contribution in [0.3, 0.4) is 0 Å². The molecule has 0 atom stereocenters. The maximum absolute atomic E-state index is 13.6. The molecule has 1 amide bonds. The van der Waals surface area contributed by atoms with E-state index in [1.165, 1.54) is 18.2 Å². The number of nitrogens with two attached hydrogens (primary N) is 1. The lowest BCUT2D eigenvalue weighted by molar-refractivity contribution is 0.100. The Morgan fingerprint density at radius 2 is 1.80 bits per heavy atom. The molecular formula is C14H11Cl2FN2O. The second-order valence-electron chi connectivity index (χ2n) is 4.19. The number of nitrogens with one attached hydrogen (secondary N) is 1. The number of carbonyl (C=O) groups excluding carboxylic acids is 1. The summed E-state index contributed by atoms with van der Waals surface area (Å²) in [6.45, 7) is 0.319. The molecule has 2 aromatic rings. The highest BCUT2D eigenvalue weighted by atomic mass is 35.5. The minimum atomic E-state index is -0.612. The molecule has 3 N–H and O–H groups in total. The van der Waals surface area contributed by atoms with Crippen LogP contribution in [0.1, 0.15) is 15.9 Å². The summed E-state index contributed by atoms with van der Waals surface area (Å²) in [6, 6.07) is 8.93. The normalized spacial score (nSPS) is 10.3. The molecule has 0 aliphatic rings. The fraction of sp³-hybridized carbons (Fsp3) is 0.0714. The maximum Gasteiger partial charge on any atom is 0.248 e. The third-order valence-electron chi connectivity index (χ3n) is 2.66. The van der Waals surface area contributed by atoms with Crippen LogP contribution in [0.25, 0.3) is 0 Å². The minimum absolute atomic E-state index is 0.192. The molecule has 0 bridgehead atoms. The molecule has 104 valence electrons. The average Bonchev–Trinajstić information content (AvgIpc) is 2.36. The SMILES string of the molecule is NC(=O)c1ccc(F)c(NCc2cc(Cl)cc(Cl)c2)c1. The first-order chi connectivity index (χ1) is 9.45. The summed E-state index contributed by atoms with van der Waals surface area (Å²) in [5.74, 6) is -1.08. The van der Waals surface area contributed by atoms with Gasteiger partial charge in [-0.15, -0.1) is 0 Å². The van der Waals surface area contributed by atoms with Crippen molar-refractivity contribution in [1.82, 2.24) is 0 Å². The average molecular weight is 313 g/mol. The zero-order valence-corrected chi connectivity index (χ0v) is 11.8. The van der Waals surface area contributed by atoms with E-state index in [4.69, 9.17) is 28.9 Å². The summed E-state index contributed by atoms with van der Waals surface area (Å²) in [5, 5.41) is 3.88. The highest BCUT2D eigenvalue weighted by Crippen LogP contribution is 2.21. The van der Waals surface area contributed by atoms with Gasteiger partial charge in [0.2, 0.25) is 5.91 Å². The van der Waals surface area contributed by atoms with Crippen LogP contribution in [0.5, 0.6) is 0 Å². The summed E-state index contributed by atoms with van der Waals surface area (Å²) in [6.07, 6.45) is 0. The fourth-order valence-electron chi connectivity index (χ4n) is 1.72. The van der Waals surface area contributed by atoms with E-state index >= 15 is 0 Å². The number of hydrogen-bond donors (Lipinski definition) is 2. The lowest BCUT2D eigenvalue weighted by Gasteiger charge is -2.09. The van der Waals surface area contributed by atoms with Gasteiger partial charge in [-0.1, -0.05) is 23.2 Å². The number of hydrogen-bond acceptors (Lipinski definition) is 2. The first-order valence-corrected chi connectivity index (χ1v) is 6.49. The van der Waals surface area contributed by atoms with Gasteiger partial charge in [-0.3, -0.25) is 4.79 Å². The summed E-state index contributed by atoms with van der Waals surface area (Å²) in [4.78, 5) is 11.1. The van der Waals surface area contributed by atoms with Gasteiger partial charge in [0.1, 0.15) is 5.82 Å². The Morgan fingerprint density at radius 3 is 2.40 bits per heavy atom. The van der Waals surface area contributed by atoms with Crippen molar-refractivity contribution in [3.8, 4) is 0 Å². The van der Waals surface area contributed by atoms with Gasteiger partial charge in [-0.2, -0.15) is 0 Å². The van der Waals surface area contributed by atoms with Gasteiger partial charge in [0.15, 0.2) is 0 Å². The van der Waals surface area contributed by atoms with Crippen molar-refractivity contribution in [1.29, 1.82) is 0 Å². The van der Waals surface area contributed by atoms with Gasteiger partial charge in [-0.05, 0) is 42.0 Å². The zero-order valence-electron chi connectivity index (χ0n) is 10.3. The predicted molar refractivity (Wildman–Crippen MR) is 78.7 cm³/mol. The summed E-state index contributed by atoms with van der Waals surface area (Å²) in [5.41, 5.74) is 6.38. The van der Waals surface area contributed by atoms with Crippen LogP contribution in [0, 0.1) is 5.82 Å². The van der Waals surface area contributed by atoms with Crippen molar-refractivity contribution in [3.63, 3.8) is 0 Å². The van der Waals surface area contributed by atoms with Gasteiger partial charge < -0.3 is 11.1 Å². The Labute approximate surface area is 125 Å². The van der Waals surface area contributed by atoms with E-state index in [0.29, 0.717) is 16.6 Å². The van der Waals surface area contributed by atoms with Gasteiger partial charge in [0, 0.05) is 22.2 Å². The van der Waals surface area contributed by atoms with Crippen molar-refractivity contribution in [2.45, 2.75) is 6.54 Å². The first kappa shape index (κ1) is 14.6. The molecule has 0 aliphatic carbocycles. The van der Waals surface area contributed by atoms with Crippen molar-refractivity contribution < 1.29 is 9.18 Å². The van der Waals surface area contributed by atoms with Crippen molar-refractivity contribution in [3.05, 3.63) is 63.4 Å². The van der Waals surface area contributed by atoms with Crippen LogP contribution in [-0.2, 0) is 6.54 Å². The lowest BCUT2D eigenvalue weighted by atomic mass is 10.1. The van der Waals surface area contributed by atoms with E-state index in [2.05, 4.69) is 5.32 Å². The van der Waals surface area contributed by atoms with Crippen molar-refractivity contribution in [2.24, 2.45) is 5.73 Å². The number of halogens is 3. The monoisotopic (exact) mass is 312 g/mol. The molecule has 6 heteroatoms. The zero-order chi connectivity index (χ0) is 14.7. The van der Waals surface area contributed by atoms with Gasteiger partial charge in [0.05, 0.1) is 5.69 Å². The number of carbonyl (C=O) groups is 1. The van der Waals surface area contributed by atoms with E-state index in [1.54, 1.807) is 18.2 Å². The number of amides is 1. The largest absolute Gasteiger partial charge is 0.379 e. The predicted octanol–water partition coefficient (Wildman–Crippen LogP) is 3.84. The van der Waals surface area contributed by atoms with E-state index in [0.717, 1.165) is 5.56 Å². The highest BCUT2D eigenvalue weighted by Gasteiger charge is 2.07. The van der Waals surface area contributed by atoms with Gasteiger partial charge in [-0.25, -0.2) is 4.39 Å². The smallest absolute Gasteiger partial charge is 0.248 e. The quantitative estimate of drug-likeness (QED) is 0.901. The topological polar surface area (TPSA) is 55.1 Å². The molecule has 0 saturated carbocycles. The third kappa shape index (κ3) is 3.62. The van der Waals surface area contributed by atoms with E-state index in [1.807, 2.05) is 0 Å². The summed E-state index contributed by atoms with van der Waals surface area (Å²) < 4.78 is 13.6. The Balaban J connectivity index is 2.18. The number of anilines is 1. The highest BCUT2D eigenvalue weighted by molar-refractivity contribution is 6.34. The molecule has 2 rings (SSSR count). The van der Waals surface area contributed by atoms with Crippen LogP contribution < -0.4 is 11.1 Å². The van der Waals surface area contributed by atoms with Gasteiger partial charge >= 0.3 is 0 Å². The van der Waals surface area contributed by atoms with E-state index in [-0.39, 0.29) is 11.3 Å². The Kier molecular flexibility index (Phi) is 4.47.